The molecule has 2 atom stereocenters. The zero-order chi connectivity index (χ0) is 14.4. The highest BCUT2D eigenvalue weighted by Crippen LogP contribution is 2.16. The maximum atomic E-state index is 12.0. The molecule has 1 fully saturated rings. The lowest BCUT2D eigenvalue weighted by Crippen LogP contribution is -2.54. The number of hydrogen-bond acceptors (Lipinski definition) is 4. The van der Waals surface area contributed by atoms with Crippen LogP contribution in [0.2, 0.25) is 0 Å². The number of nitrogens with zero attached hydrogens (tertiary/aromatic N) is 1. The molecule has 0 radical (unpaired) electrons. The van der Waals surface area contributed by atoms with E-state index in [-0.39, 0.29) is 12.6 Å². The number of amides is 3. The smallest absolute Gasteiger partial charge is 0.326 e. The molecule has 0 spiro atoms. The molecule has 3 amide bonds. The number of nitrogens with two attached hydrogens (primary N) is 1. The predicted molar refractivity (Wildman–Crippen MR) is 65.2 cm³/mol. The predicted octanol–water partition coefficient (Wildman–Crippen LogP) is -1.13. The third-order valence-corrected chi connectivity index (χ3v) is 3.10. The quantitative estimate of drug-likeness (QED) is 0.503. The van der Waals surface area contributed by atoms with Gasteiger partial charge >= 0.3 is 12.0 Å². The first-order chi connectivity index (χ1) is 8.95. The van der Waals surface area contributed by atoms with E-state index in [1.165, 1.54) is 4.90 Å². The number of carboxylic acids is 1. The second-order valence-electron chi connectivity index (χ2n) is 4.54. The van der Waals surface area contributed by atoms with E-state index in [1.807, 2.05) is 0 Å². The third-order valence-electron chi connectivity index (χ3n) is 3.10. The minimum absolute atomic E-state index is 0.166. The van der Waals surface area contributed by atoms with E-state index in [1.54, 1.807) is 0 Å². The Morgan fingerprint density at radius 3 is 2.58 bits per heavy atom. The van der Waals surface area contributed by atoms with Gasteiger partial charge in [0.2, 0.25) is 5.91 Å². The number of piperidine rings is 1. The highest BCUT2D eigenvalue weighted by molar-refractivity contribution is 5.87. The van der Waals surface area contributed by atoms with Gasteiger partial charge in [0, 0.05) is 6.54 Å². The van der Waals surface area contributed by atoms with Crippen molar-refractivity contribution < 1.29 is 24.6 Å². The number of likely N-dealkylation sites (tertiary alicyclic amines) is 1. The molecular formula is C11H19N3O5. The van der Waals surface area contributed by atoms with Crippen molar-refractivity contribution in [1.82, 2.24) is 10.2 Å². The normalized spacial score (nSPS) is 20.7. The van der Waals surface area contributed by atoms with E-state index in [2.05, 4.69) is 5.32 Å². The molecule has 1 aliphatic rings. The molecule has 2 unspecified atom stereocenters. The van der Waals surface area contributed by atoms with Crippen molar-refractivity contribution in [3.8, 4) is 0 Å². The summed E-state index contributed by atoms with van der Waals surface area (Å²) in [6.07, 6.45) is 1.94. The lowest BCUT2D eigenvalue weighted by atomic mass is 10.0. The second-order valence-corrected chi connectivity index (χ2v) is 4.54. The average Bonchev–Trinajstić information content (AvgIpc) is 2.37. The molecule has 0 aromatic heterocycles. The van der Waals surface area contributed by atoms with Crippen LogP contribution in [0.25, 0.3) is 0 Å². The number of aliphatic carboxylic acids is 1. The van der Waals surface area contributed by atoms with E-state index < -0.39 is 30.4 Å². The summed E-state index contributed by atoms with van der Waals surface area (Å²) < 4.78 is 0. The van der Waals surface area contributed by atoms with Crippen LogP contribution in [0.3, 0.4) is 0 Å². The summed E-state index contributed by atoms with van der Waals surface area (Å²) in [7, 11) is 0. The summed E-state index contributed by atoms with van der Waals surface area (Å²) >= 11 is 0. The van der Waals surface area contributed by atoms with Crippen LogP contribution < -0.4 is 11.1 Å². The molecule has 1 aliphatic heterocycles. The Kier molecular flexibility index (Phi) is 5.56. The van der Waals surface area contributed by atoms with E-state index in [0.29, 0.717) is 13.0 Å². The van der Waals surface area contributed by atoms with E-state index in [9.17, 15) is 19.5 Å². The Morgan fingerprint density at radius 2 is 2.05 bits per heavy atom. The molecule has 0 aliphatic carbocycles. The number of carbonyl (C=O) groups is 3. The molecule has 0 bridgehead atoms. The Hall–Kier alpha value is -1.83. The van der Waals surface area contributed by atoms with Crippen LogP contribution in [0.15, 0.2) is 0 Å². The Bertz CT molecular complexity index is 360. The molecule has 0 saturated carbocycles. The van der Waals surface area contributed by atoms with Gasteiger partial charge in [-0.1, -0.05) is 0 Å². The van der Waals surface area contributed by atoms with Crippen LogP contribution in [0.5, 0.6) is 0 Å². The molecule has 19 heavy (non-hydrogen) atoms. The highest BCUT2D eigenvalue weighted by Gasteiger charge is 2.29. The summed E-state index contributed by atoms with van der Waals surface area (Å²) in [6, 6.07) is -2.24. The fourth-order valence-corrected chi connectivity index (χ4v) is 2.09. The van der Waals surface area contributed by atoms with Gasteiger partial charge < -0.3 is 26.2 Å². The van der Waals surface area contributed by atoms with Gasteiger partial charge in [-0.15, -0.1) is 0 Å². The topological polar surface area (TPSA) is 133 Å². The second kappa shape index (κ2) is 6.93. The van der Waals surface area contributed by atoms with E-state index >= 15 is 0 Å². The maximum Gasteiger partial charge on any atom is 0.326 e. The van der Waals surface area contributed by atoms with Gasteiger partial charge in [0.25, 0.3) is 0 Å². The van der Waals surface area contributed by atoms with Crippen LogP contribution in [0.1, 0.15) is 25.7 Å². The van der Waals surface area contributed by atoms with Gasteiger partial charge in [0.05, 0.1) is 19.1 Å². The van der Waals surface area contributed by atoms with Gasteiger partial charge in [-0.2, -0.15) is 0 Å². The van der Waals surface area contributed by atoms with Gasteiger partial charge in [-0.3, -0.25) is 4.79 Å². The number of hydrogen-bond donors (Lipinski definition) is 4. The summed E-state index contributed by atoms with van der Waals surface area (Å²) in [5, 5.41) is 20.3. The average molecular weight is 273 g/mol. The van der Waals surface area contributed by atoms with Crippen molar-refractivity contribution in [2.75, 3.05) is 13.2 Å². The lowest BCUT2D eigenvalue weighted by Gasteiger charge is -2.35. The first kappa shape index (κ1) is 15.2. The Morgan fingerprint density at radius 1 is 1.37 bits per heavy atom. The zero-order valence-electron chi connectivity index (χ0n) is 10.5. The van der Waals surface area contributed by atoms with Gasteiger partial charge in [-0.25, -0.2) is 9.59 Å². The van der Waals surface area contributed by atoms with Crippen LogP contribution in [-0.4, -0.2) is 58.3 Å². The van der Waals surface area contributed by atoms with Crippen molar-refractivity contribution in [1.29, 1.82) is 0 Å². The number of carbonyl (C=O) groups excluding carboxylic acids is 2. The molecule has 1 rings (SSSR count). The molecule has 0 aromatic carbocycles. The van der Waals surface area contributed by atoms with Crippen LogP contribution >= 0.6 is 0 Å². The minimum Gasteiger partial charge on any atom is -0.480 e. The van der Waals surface area contributed by atoms with Crippen molar-refractivity contribution in [3.05, 3.63) is 0 Å². The number of urea groups is 1. The van der Waals surface area contributed by atoms with Crippen molar-refractivity contribution in [3.63, 3.8) is 0 Å². The molecule has 1 saturated heterocycles. The molecule has 0 aromatic rings. The zero-order valence-corrected chi connectivity index (χ0v) is 10.5. The first-order valence-electron chi connectivity index (χ1n) is 6.14. The molecular weight excluding hydrogens is 254 g/mol. The summed E-state index contributed by atoms with van der Waals surface area (Å²) in [6.45, 7) is 0.293. The van der Waals surface area contributed by atoms with Crippen molar-refractivity contribution >= 4 is 17.9 Å². The fraction of sp³-hybridized carbons (Fsp3) is 0.727. The largest absolute Gasteiger partial charge is 0.480 e. The van der Waals surface area contributed by atoms with E-state index in [0.717, 1.165) is 12.8 Å². The summed E-state index contributed by atoms with van der Waals surface area (Å²) in [5.41, 5.74) is 4.93. The fourth-order valence-electron chi connectivity index (χ4n) is 2.09. The highest BCUT2D eigenvalue weighted by atomic mass is 16.4. The molecule has 8 nitrogen and oxygen atoms in total. The molecule has 108 valence electrons. The Labute approximate surface area is 110 Å². The van der Waals surface area contributed by atoms with Gasteiger partial charge in [0.15, 0.2) is 0 Å². The monoisotopic (exact) mass is 273 g/mol. The van der Waals surface area contributed by atoms with Crippen LogP contribution in [-0.2, 0) is 9.59 Å². The van der Waals surface area contributed by atoms with Gasteiger partial charge in [0.1, 0.15) is 6.04 Å². The number of primary amides is 1. The minimum atomic E-state index is -1.34. The third kappa shape index (κ3) is 4.40. The SMILES string of the molecule is NC(=O)CC(NC(=O)N1CCCCC1CO)C(=O)O. The maximum absolute atomic E-state index is 12.0. The molecule has 5 N–H and O–H groups in total. The number of aliphatic hydroxyl groups is 1. The summed E-state index contributed by atoms with van der Waals surface area (Å²) in [4.78, 5) is 35.0. The Balaban J connectivity index is 2.64. The van der Waals surface area contributed by atoms with Crippen LogP contribution in [0.4, 0.5) is 4.79 Å². The molecule has 1 heterocycles. The van der Waals surface area contributed by atoms with E-state index in [4.69, 9.17) is 10.8 Å². The lowest BCUT2D eigenvalue weighted by molar-refractivity contribution is -0.141. The number of aliphatic hydroxyl groups excluding tert-OH is 1. The standard InChI is InChI=1S/C11H19N3O5/c12-9(16)5-8(10(17)18)13-11(19)14-4-2-1-3-7(14)6-15/h7-8,15H,1-6H2,(H2,12,16)(H,13,19)(H,17,18). The first-order valence-corrected chi connectivity index (χ1v) is 6.14. The summed E-state index contributed by atoms with van der Waals surface area (Å²) in [5.74, 6) is -2.12. The number of nitrogens with one attached hydrogen (secondary N) is 1. The number of carboxylic acid groups (broad SMARTS) is 1. The number of rotatable bonds is 5. The molecule has 8 heteroatoms. The van der Waals surface area contributed by atoms with Crippen molar-refractivity contribution in [2.45, 2.75) is 37.8 Å². The van der Waals surface area contributed by atoms with Gasteiger partial charge in [-0.05, 0) is 19.3 Å². The van der Waals surface area contributed by atoms with Crippen LogP contribution in [0, 0.1) is 0 Å². The van der Waals surface area contributed by atoms with Crippen molar-refractivity contribution in [2.24, 2.45) is 5.73 Å².